The van der Waals surface area contributed by atoms with Crippen molar-refractivity contribution in [3.63, 3.8) is 0 Å². The van der Waals surface area contributed by atoms with E-state index < -0.39 is 0 Å². The van der Waals surface area contributed by atoms with Crippen LogP contribution in [0.4, 0.5) is 0 Å². The minimum atomic E-state index is 0.0423. The quantitative estimate of drug-likeness (QED) is 0.883. The minimum absolute atomic E-state index is 0.0423. The van der Waals surface area contributed by atoms with Crippen molar-refractivity contribution < 1.29 is 14.3 Å². The predicted molar refractivity (Wildman–Crippen MR) is 79.3 cm³/mol. The van der Waals surface area contributed by atoms with Gasteiger partial charge in [-0.3, -0.25) is 4.79 Å². The van der Waals surface area contributed by atoms with Crippen LogP contribution in [0.3, 0.4) is 0 Å². The molecule has 2 aliphatic heterocycles. The van der Waals surface area contributed by atoms with Crippen molar-refractivity contribution >= 4 is 5.91 Å². The highest BCUT2D eigenvalue weighted by Gasteiger charge is 2.23. The van der Waals surface area contributed by atoms with Gasteiger partial charge in [-0.2, -0.15) is 0 Å². The molecule has 0 radical (unpaired) electrons. The molecule has 2 unspecified atom stereocenters. The van der Waals surface area contributed by atoms with Crippen LogP contribution in [0.15, 0.2) is 24.3 Å². The van der Waals surface area contributed by atoms with E-state index in [0.29, 0.717) is 19.6 Å². The zero-order valence-corrected chi connectivity index (χ0v) is 12.1. The Kier molecular flexibility index (Phi) is 4.72. The number of fused-ring (bicyclic) bond motifs is 1. The smallest absolute Gasteiger partial charge is 0.222 e. The Labute approximate surface area is 125 Å². The average molecular weight is 290 g/mol. The number of hydrogen-bond donors (Lipinski definition) is 2. The summed E-state index contributed by atoms with van der Waals surface area (Å²) in [6.07, 6.45) is 2.32. The molecule has 0 aromatic heterocycles. The molecule has 5 nitrogen and oxygen atoms in total. The van der Waals surface area contributed by atoms with Crippen molar-refractivity contribution in [3.8, 4) is 5.75 Å². The molecule has 1 saturated heterocycles. The number of morpholine rings is 1. The third-order valence-electron chi connectivity index (χ3n) is 3.95. The van der Waals surface area contributed by atoms with Gasteiger partial charge in [-0.05, 0) is 18.9 Å². The fourth-order valence-electron chi connectivity index (χ4n) is 2.90. The molecule has 2 heterocycles. The fourth-order valence-corrected chi connectivity index (χ4v) is 2.90. The first-order chi connectivity index (χ1) is 10.3. The molecule has 0 saturated carbocycles. The Bertz CT molecular complexity index is 486. The normalized spacial score (nSPS) is 25.3. The van der Waals surface area contributed by atoms with Crippen molar-refractivity contribution in [2.24, 2.45) is 0 Å². The topological polar surface area (TPSA) is 59.6 Å². The van der Waals surface area contributed by atoms with Gasteiger partial charge in [0.2, 0.25) is 5.91 Å². The van der Waals surface area contributed by atoms with Crippen LogP contribution in [0, 0.1) is 0 Å². The van der Waals surface area contributed by atoms with Gasteiger partial charge in [0.05, 0.1) is 25.9 Å². The number of benzene rings is 1. The summed E-state index contributed by atoms with van der Waals surface area (Å²) in [6.45, 7) is 2.86. The maximum absolute atomic E-state index is 12.3. The van der Waals surface area contributed by atoms with Crippen LogP contribution in [0.1, 0.15) is 30.9 Å². The summed E-state index contributed by atoms with van der Waals surface area (Å²) >= 11 is 0. The minimum Gasteiger partial charge on any atom is -0.493 e. The van der Waals surface area contributed by atoms with E-state index in [9.17, 15) is 4.79 Å². The number of amides is 1. The number of para-hydroxylation sites is 1. The number of rotatable bonds is 3. The first-order valence-electron chi connectivity index (χ1n) is 7.65. The van der Waals surface area contributed by atoms with E-state index in [1.54, 1.807) is 0 Å². The van der Waals surface area contributed by atoms with Gasteiger partial charge < -0.3 is 20.1 Å². The van der Waals surface area contributed by atoms with Crippen LogP contribution in [0.5, 0.6) is 5.75 Å². The molecule has 1 aromatic carbocycles. The van der Waals surface area contributed by atoms with E-state index in [4.69, 9.17) is 9.47 Å². The Balaban J connectivity index is 1.62. The number of carbonyl (C=O) groups is 1. The monoisotopic (exact) mass is 290 g/mol. The van der Waals surface area contributed by atoms with E-state index in [0.717, 1.165) is 37.3 Å². The van der Waals surface area contributed by atoms with Gasteiger partial charge in [-0.1, -0.05) is 18.2 Å². The fraction of sp³-hybridized carbons (Fsp3) is 0.562. The molecule has 0 aliphatic carbocycles. The van der Waals surface area contributed by atoms with Crippen LogP contribution in [-0.4, -0.2) is 38.3 Å². The summed E-state index contributed by atoms with van der Waals surface area (Å²) in [5.74, 6) is 0.958. The van der Waals surface area contributed by atoms with Crippen LogP contribution in [0.2, 0.25) is 0 Å². The van der Waals surface area contributed by atoms with E-state index >= 15 is 0 Å². The third-order valence-corrected chi connectivity index (χ3v) is 3.95. The molecular weight excluding hydrogens is 268 g/mol. The van der Waals surface area contributed by atoms with Crippen LogP contribution in [0.25, 0.3) is 0 Å². The van der Waals surface area contributed by atoms with Gasteiger partial charge >= 0.3 is 0 Å². The zero-order chi connectivity index (χ0) is 14.5. The van der Waals surface area contributed by atoms with Crippen LogP contribution >= 0.6 is 0 Å². The summed E-state index contributed by atoms with van der Waals surface area (Å²) in [7, 11) is 0. The maximum Gasteiger partial charge on any atom is 0.222 e. The van der Waals surface area contributed by atoms with Gasteiger partial charge in [0.15, 0.2) is 0 Å². The van der Waals surface area contributed by atoms with E-state index in [1.165, 1.54) is 0 Å². The summed E-state index contributed by atoms with van der Waals surface area (Å²) in [5, 5.41) is 6.46. The van der Waals surface area contributed by atoms with Gasteiger partial charge in [-0.25, -0.2) is 0 Å². The Morgan fingerprint density at radius 3 is 3.10 bits per heavy atom. The van der Waals surface area contributed by atoms with Crippen LogP contribution < -0.4 is 15.4 Å². The molecule has 3 rings (SSSR count). The Morgan fingerprint density at radius 2 is 2.24 bits per heavy atom. The molecule has 2 N–H and O–H groups in total. The van der Waals surface area contributed by atoms with Crippen molar-refractivity contribution in [2.75, 3.05) is 26.4 Å². The molecule has 1 amide bonds. The second-order valence-corrected chi connectivity index (χ2v) is 5.58. The molecule has 114 valence electrons. The Hall–Kier alpha value is -1.59. The van der Waals surface area contributed by atoms with Crippen LogP contribution in [-0.2, 0) is 9.53 Å². The molecule has 1 fully saturated rings. The molecule has 2 aliphatic rings. The lowest BCUT2D eigenvalue weighted by atomic mass is 10.0. The van der Waals surface area contributed by atoms with Gasteiger partial charge in [0.25, 0.3) is 0 Å². The summed E-state index contributed by atoms with van der Waals surface area (Å²) in [4.78, 5) is 12.3. The molecule has 5 heteroatoms. The van der Waals surface area contributed by atoms with Crippen molar-refractivity contribution in [2.45, 2.75) is 31.3 Å². The van der Waals surface area contributed by atoms with Gasteiger partial charge in [-0.15, -0.1) is 0 Å². The third kappa shape index (κ3) is 3.74. The predicted octanol–water partition coefficient (Wildman–Crippen LogP) is 1.39. The molecule has 0 spiro atoms. The highest BCUT2D eigenvalue weighted by Crippen LogP contribution is 2.31. The lowest BCUT2D eigenvalue weighted by Gasteiger charge is -2.25. The maximum atomic E-state index is 12.3. The van der Waals surface area contributed by atoms with E-state index in [-0.39, 0.29) is 18.0 Å². The summed E-state index contributed by atoms with van der Waals surface area (Å²) < 4.78 is 11.1. The molecular formula is C16H22N2O3. The Morgan fingerprint density at radius 1 is 1.33 bits per heavy atom. The molecule has 21 heavy (non-hydrogen) atoms. The van der Waals surface area contributed by atoms with E-state index in [2.05, 4.69) is 10.6 Å². The largest absolute Gasteiger partial charge is 0.493 e. The first-order valence-corrected chi connectivity index (χ1v) is 7.65. The van der Waals surface area contributed by atoms with Gasteiger partial charge in [0, 0.05) is 24.6 Å². The SMILES string of the molecule is O=C(CC1COCCN1)NC1CCCOc2ccccc21. The summed E-state index contributed by atoms with van der Waals surface area (Å²) in [6, 6.07) is 8.12. The second-order valence-electron chi connectivity index (χ2n) is 5.58. The highest BCUT2D eigenvalue weighted by molar-refractivity contribution is 5.77. The second kappa shape index (κ2) is 6.91. The summed E-state index contributed by atoms with van der Waals surface area (Å²) in [5.41, 5.74) is 1.08. The first kappa shape index (κ1) is 14.4. The lowest BCUT2D eigenvalue weighted by molar-refractivity contribution is -0.123. The number of ether oxygens (including phenoxy) is 2. The number of hydrogen-bond acceptors (Lipinski definition) is 4. The molecule has 1 aromatic rings. The molecule has 0 bridgehead atoms. The zero-order valence-electron chi connectivity index (χ0n) is 12.1. The van der Waals surface area contributed by atoms with Gasteiger partial charge in [0.1, 0.15) is 5.75 Å². The highest BCUT2D eigenvalue weighted by atomic mass is 16.5. The van der Waals surface area contributed by atoms with Crippen molar-refractivity contribution in [1.29, 1.82) is 0 Å². The lowest BCUT2D eigenvalue weighted by Crippen LogP contribution is -2.44. The van der Waals surface area contributed by atoms with E-state index in [1.807, 2.05) is 24.3 Å². The van der Waals surface area contributed by atoms with Crippen molar-refractivity contribution in [1.82, 2.24) is 10.6 Å². The van der Waals surface area contributed by atoms with Crippen molar-refractivity contribution in [3.05, 3.63) is 29.8 Å². The number of carbonyl (C=O) groups excluding carboxylic acids is 1. The molecule has 2 atom stereocenters. The average Bonchev–Trinajstić information content (AvgIpc) is 2.71. The standard InChI is InChI=1S/C16H22N2O3/c19-16(10-12-11-20-9-7-17-12)18-14-5-3-8-21-15-6-2-1-4-13(14)15/h1-2,4,6,12,14,17H,3,5,7-11H2,(H,18,19). The number of nitrogens with one attached hydrogen (secondary N) is 2.